The number of anilines is 1. The van der Waals surface area contributed by atoms with E-state index in [2.05, 4.69) is 10.6 Å². The largest absolute Gasteiger partial charge is 0.467 e. The summed E-state index contributed by atoms with van der Waals surface area (Å²) in [5.41, 5.74) is 2.21. The van der Waals surface area contributed by atoms with Gasteiger partial charge in [-0.1, -0.05) is 24.3 Å². The maximum atomic E-state index is 12.6. The minimum absolute atomic E-state index is 0.271. The number of hydrogen-bond acceptors (Lipinski definition) is 4. The lowest BCUT2D eigenvalue weighted by Crippen LogP contribution is -2.24. The number of benzene rings is 2. The molecule has 2 N–H and O–H groups in total. The third-order valence-corrected chi connectivity index (χ3v) is 3.92. The van der Waals surface area contributed by atoms with Crippen molar-refractivity contribution in [3.63, 3.8) is 0 Å². The molecule has 2 amide bonds. The van der Waals surface area contributed by atoms with Gasteiger partial charge in [0.05, 0.1) is 30.7 Å². The van der Waals surface area contributed by atoms with Crippen molar-refractivity contribution in [2.24, 2.45) is 0 Å². The van der Waals surface area contributed by atoms with Crippen molar-refractivity contribution in [3.05, 3.63) is 89.4 Å². The molecular weight excluding hydrogens is 344 g/mol. The summed E-state index contributed by atoms with van der Waals surface area (Å²) in [5.74, 6) is 0.0643. The first-order valence-corrected chi connectivity index (χ1v) is 8.46. The molecule has 6 nitrogen and oxygen atoms in total. The summed E-state index contributed by atoms with van der Waals surface area (Å²) in [4.78, 5) is 25.1. The van der Waals surface area contributed by atoms with Gasteiger partial charge >= 0.3 is 0 Å². The van der Waals surface area contributed by atoms with Crippen molar-refractivity contribution in [3.8, 4) is 0 Å². The van der Waals surface area contributed by atoms with Crippen molar-refractivity contribution in [2.75, 3.05) is 12.4 Å². The molecule has 0 unspecified atom stereocenters. The third kappa shape index (κ3) is 4.83. The second-order valence-electron chi connectivity index (χ2n) is 5.90. The Hall–Kier alpha value is -3.38. The highest BCUT2D eigenvalue weighted by Crippen LogP contribution is 2.17. The molecular formula is C21H20N2O4. The van der Waals surface area contributed by atoms with Crippen molar-refractivity contribution < 1.29 is 18.7 Å². The molecule has 0 aliphatic carbocycles. The quantitative estimate of drug-likeness (QED) is 0.671. The summed E-state index contributed by atoms with van der Waals surface area (Å²) in [5, 5.41) is 5.59. The molecule has 0 spiro atoms. The molecule has 6 heteroatoms. The van der Waals surface area contributed by atoms with E-state index in [-0.39, 0.29) is 18.4 Å². The van der Waals surface area contributed by atoms with Gasteiger partial charge in [-0.15, -0.1) is 0 Å². The SMILES string of the molecule is COCc1cccc(C(=O)Nc2ccccc2C(=O)NCc2ccco2)c1. The van der Waals surface area contributed by atoms with Crippen LogP contribution < -0.4 is 10.6 Å². The number of hydrogen-bond donors (Lipinski definition) is 2. The molecule has 0 saturated carbocycles. The van der Waals surface area contributed by atoms with E-state index in [0.29, 0.717) is 29.2 Å². The van der Waals surface area contributed by atoms with E-state index in [0.717, 1.165) is 5.56 Å². The highest BCUT2D eigenvalue weighted by Gasteiger charge is 2.14. The van der Waals surface area contributed by atoms with E-state index < -0.39 is 0 Å². The van der Waals surface area contributed by atoms with Crippen molar-refractivity contribution in [2.45, 2.75) is 13.2 Å². The van der Waals surface area contributed by atoms with Crippen LogP contribution in [0.4, 0.5) is 5.69 Å². The van der Waals surface area contributed by atoms with Gasteiger partial charge < -0.3 is 19.8 Å². The van der Waals surface area contributed by atoms with Crippen LogP contribution in [-0.2, 0) is 17.9 Å². The first-order chi connectivity index (χ1) is 13.2. The zero-order valence-corrected chi connectivity index (χ0v) is 14.9. The Bertz CT molecular complexity index is 919. The van der Waals surface area contributed by atoms with Crippen LogP contribution in [0, 0.1) is 0 Å². The Morgan fingerprint density at radius 2 is 1.85 bits per heavy atom. The minimum Gasteiger partial charge on any atom is -0.467 e. The highest BCUT2D eigenvalue weighted by molar-refractivity contribution is 6.09. The van der Waals surface area contributed by atoms with Gasteiger partial charge in [-0.05, 0) is 42.0 Å². The van der Waals surface area contributed by atoms with Gasteiger partial charge in [-0.25, -0.2) is 0 Å². The summed E-state index contributed by atoms with van der Waals surface area (Å²) in [6.07, 6.45) is 1.55. The molecule has 3 rings (SSSR count). The van der Waals surface area contributed by atoms with Crippen LogP contribution in [0.15, 0.2) is 71.3 Å². The van der Waals surface area contributed by atoms with Crippen LogP contribution in [-0.4, -0.2) is 18.9 Å². The lowest BCUT2D eigenvalue weighted by atomic mass is 10.1. The Kier molecular flexibility index (Phi) is 6.02. The monoisotopic (exact) mass is 364 g/mol. The number of nitrogens with one attached hydrogen (secondary N) is 2. The number of ether oxygens (including phenoxy) is 1. The van der Waals surface area contributed by atoms with E-state index >= 15 is 0 Å². The topological polar surface area (TPSA) is 80.6 Å². The average Bonchev–Trinajstić information content (AvgIpc) is 3.21. The number of carbonyl (C=O) groups is 2. The Balaban J connectivity index is 1.72. The molecule has 0 atom stereocenters. The molecule has 2 aromatic carbocycles. The van der Waals surface area contributed by atoms with E-state index in [4.69, 9.17) is 9.15 Å². The number of para-hydroxylation sites is 1. The molecule has 27 heavy (non-hydrogen) atoms. The van der Waals surface area contributed by atoms with E-state index in [1.54, 1.807) is 68.0 Å². The van der Waals surface area contributed by atoms with E-state index in [1.807, 2.05) is 6.07 Å². The lowest BCUT2D eigenvalue weighted by molar-refractivity contribution is 0.0949. The zero-order chi connectivity index (χ0) is 19.1. The Labute approximate surface area is 157 Å². The number of methoxy groups -OCH3 is 1. The van der Waals surface area contributed by atoms with Crippen LogP contribution in [0.5, 0.6) is 0 Å². The predicted octanol–water partition coefficient (Wildman–Crippen LogP) is 3.61. The number of rotatable bonds is 7. The molecule has 0 saturated heterocycles. The zero-order valence-electron chi connectivity index (χ0n) is 14.9. The summed E-state index contributed by atoms with van der Waals surface area (Å²) >= 11 is 0. The fourth-order valence-corrected chi connectivity index (χ4v) is 2.63. The van der Waals surface area contributed by atoms with Crippen LogP contribution in [0.25, 0.3) is 0 Å². The average molecular weight is 364 g/mol. The molecule has 0 bridgehead atoms. The van der Waals surface area contributed by atoms with E-state index in [1.165, 1.54) is 0 Å². The van der Waals surface area contributed by atoms with Gasteiger partial charge in [0.25, 0.3) is 11.8 Å². The molecule has 0 aliphatic heterocycles. The molecule has 1 heterocycles. The Morgan fingerprint density at radius 1 is 1.00 bits per heavy atom. The van der Waals surface area contributed by atoms with Crippen molar-refractivity contribution >= 4 is 17.5 Å². The van der Waals surface area contributed by atoms with Gasteiger partial charge in [-0.2, -0.15) is 0 Å². The van der Waals surface area contributed by atoms with Gasteiger partial charge in [0, 0.05) is 12.7 Å². The first-order valence-electron chi connectivity index (χ1n) is 8.46. The second kappa shape index (κ2) is 8.82. The number of carbonyl (C=O) groups excluding carboxylic acids is 2. The summed E-state index contributed by atoms with van der Waals surface area (Å²) in [6.45, 7) is 0.695. The second-order valence-corrected chi connectivity index (χ2v) is 5.90. The number of amides is 2. The van der Waals surface area contributed by atoms with Crippen LogP contribution in [0.2, 0.25) is 0 Å². The van der Waals surface area contributed by atoms with Gasteiger partial charge in [0.15, 0.2) is 0 Å². The van der Waals surface area contributed by atoms with Gasteiger partial charge in [-0.3, -0.25) is 9.59 Å². The van der Waals surface area contributed by atoms with Gasteiger partial charge in [0.1, 0.15) is 5.76 Å². The molecule has 3 aromatic rings. The van der Waals surface area contributed by atoms with Crippen LogP contribution >= 0.6 is 0 Å². The van der Waals surface area contributed by atoms with Crippen LogP contribution in [0.1, 0.15) is 32.0 Å². The smallest absolute Gasteiger partial charge is 0.255 e. The summed E-state index contributed by atoms with van der Waals surface area (Å²) in [6, 6.07) is 17.6. The fraction of sp³-hybridized carbons (Fsp3) is 0.143. The third-order valence-electron chi connectivity index (χ3n) is 3.92. The molecule has 0 aliphatic rings. The molecule has 1 aromatic heterocycles. The Morgan fingerprint density at radius 3 is 2.63 bits per heavy atom. The minimum atomic E-state index is -0.296. The molecule has 0 radical (unpaired) electrons. The standard InChI is InChI=1S/C21H20N2O4/c1-26-14-15-6-4-7-16(12-15)20(24)23-19-10-3-2-9-18(19)21(25)22-13-17-8-5-11-27-17/h2-12H,13-14H2,1H3,(H,22,25)(H,23,24). The van der Waals surface area contributed by atoms with Crippen LogP contribution in [0.3, 0.4) is 0 Å². The predicted molar refractivity (Wildman–Crippen MR) is 101 cm³/mol. The molecule has 138 valence electrons. The highest BCUT2D eigenvalue weighted by atomic mass is 16.5. The lowest BCUT2D eigenvalue weighted by Gasteiger charge is -2.11. The number of furan rings is 1. The normalized spacial score (nSPS) is 10.4. The maximum Gasteiger partial charge on any atom is 0.255 e. The first kappa shape index (κ1) is 18.4. The van der Waals surface area contributed by atoms with Crippen molar-refractivity contribution in [1.29, 1.82) is 0 Å². The fourth-order valence-electron chi connectivity index (χ4n) is 2.63. The molecule has 0 fully saturated rings. The van der Waals surface area contributed by atoms with E-state index in [9.17, 15) is 9.59 Å². The van der Waals surface area contributed by atoms with Crippen molar-refractivity contribution in [1.82, 2.24) is 5.32 Å². The summed E-state index contributed by atoms with van der Waals surface area (Å²) in [7, 11) is 1.60. The maximum absolute atomic E-state index is 12.6. The van der Waals surface area contributed by atoms with Gasteiger partial charge in [0.2, 0.25) is 0 Å². The summed E-state index contributed by atoms with van der Waals surface area (Å²) < 4.78 is 10.3.